The van der Waals surface area contributed by atoms with Crippen molar-refractivity contribution in [2.45, 2.75) is 33.6 Å². The Kier molecular flexibility index (Phi) is 4.17. The van der Waals surface area contributed by atoms with Gasteiger partial charge in [-0.2, -0.15) is 0 Å². The normalized spacial score (nSPS) is 18.4. The van der Waals surface area contributed by atoms with Gasteiger partial charge in [-0.15, -0.1) is 0 Å². The van der Waals surface area contributed by atoms with Crippen molar-refractivity contribution in [3.05, 3.63) is 35.4 Å². The molecule has 0 aliphatic carbocycles. The molecule has 0 bridgehead atoms. The highest BCUT2D eigenvalue weighted by Crippen LogP contribution is 2.33. The molecule has 1 aliphatic rings. The third-order valence-electron chi connectivity index (χ3n) is 4.10. The fourth-order valence-corrected chi connectivity index (χ4v) is 2.66. The zero-order valence-electron chi connectivity index (χ0n) is 12.5. The van der Waals surface area contributed by atoms with Crippen molar-refractivity contribution in [3.63, 3.8) is 0 Å². The molecule has 3 heteroatoms. The van der Waals surface area contributed by atoms with Crippen LogP contribution in [0.5, 0.6) is 0 Å². The number of anilines is 1. The van der Waals surface area contributed by atoms with E-state index in [9.17, 15) is 4.79 Å². The van der Waals surface area contributed by atoms with E-state index in [4.69, 9.17) is 5.11 Å². The Morgan fingerprint density at radius 3 is 2.50 bits per heavy atom. The lowest BCUT2D eigenvalue weighted by Crippen LogP contribution is -2.37. The van der Waals surface area contributed by atoms with Gasteiger partial charge in [0.1, 0.15) is 0 Å². The zero-order valence-corrected chi connectivity index (χ0v) is 12.5. The van der Waals surface area contributed by atoms with Gasteiger partial charge in [0.15, 0.2) is 0 Å². The van der Waals surface area contributed by atoms with E-state index in [1.165, 1.54) is 30.2 Å². The molecule has 0 unspecified atom stereocenters. The maximum Gasteiger partial charge on any atom is 0.328 e. The number of nitrogens with zero attached hydrogens (tertiary/aromatic N) is 1. The van der Waals surface area contributed by atoms with Crippen molar-refractivity contribution in [2.75, 3.05) is 18.0 Å². The first-order valence-electron chi connectivity index (χ1n) is 7.14. The minimum Gasteiger partial charge on any atom is -0.478 e. The summed E-state index contributed by atoms with van der Waals surface area (Å²) in [5, 5.41) is 8.66. The molecule has 1 aromatic rings. The Balaban J connectivity index is 2.12. The third-order valence-corrected chi connectivity index (χ3v) is 4.10. The van der Waals surface area contributed by atoms with E-state index in [2.05, 4.69) is 37.8 Å². The highest BCUT2D eigenvalue weighted by molar-refractivity contribution is 5.85. The smallest absolute Gasteiger partial charge is 0.328 e. The molecule has 1 heterocycles. The number of piperidine rings is 1. The minimum atomic E-state index is -0.912. The van der Waals surface area contributed by atoms with Crippen molar-refractivity contribution in [3.8, 4) is 0 Å². The van der Waals surface area contributed by atoms with Crippen LogP contribution in [0.4, 0.5) is 5.69 Å². The van der Waals surface area contributed by atoms with Crippen LogP contribution in [-0.4, -0.2) is 24.2 Å². The summed E-state index contributed by atoms with van der Waals surface area (Å²) in [6, 6.07) is 6.14. The van der Waals surface area contributed by atoms with Gasteiger partial charge >= 0.3 is 5.97 Å². The van der Waals surface area contributed by atoms with Crippen molar-refractivity contribution in [2.24, 2.45) is 5.41 Å². The van der Waals surface area contributed by atoms with Crippen molar-refractivity contribution in [1.82, 2.24) is 0 Å². The number of rotatable bonds is 3. The van der Waals surface area contributed by atoms with Crippen LogP contribution in [0.3, 0.4) is 0 Å². The standard InChI is InChI=1S/C17H23NO2/c1-13-12-14(5-7-16(19)20)4-6-15(13)18-10-8-17(2,3)9-11-18/h4-7,12H,8-11H2,1-3H3,(H,19,20). The van der Waals surface area contributed by atoms with Gasteiger partial charge in [0.05, 0.1) is 0 Å². The second kappa shape index (κ2) is 5.70. The number of carboxylic acid groups (broad SMARTS) is 1. The molecule has 1 fully saturated rings. The van der Waals surface area contributed by atoms with Crippen LogP contribution in [0.2, 0.25) is 0 Å². The van der Waals surface area contributed by atoms with Gasteiger partial charge in [0.2, 0.25) is 0 Å². The van der Waals surface area contributed by atoms with Crippen LogP contribution >= 0.6 is 0 Å². The van der Waals surface area contributed by atoms with Crippen LogP contribution in [0.15, 0.2) is 24.3 Å². The number of carbonyl (C=O) groups is 1. The monoisotopic (exact) mass is 273 g/mol. The van der Waals surface area contributed by atoms with E-state index in [0.717, 1.165) is 18.7 Å². The van der Waals surface area contributed by atoms with Crippen molar-refractivity contribution >= 4 is 17.7 Å². The Labute approximate surface area is 120 Å². The van der Waals surface area contributed by atoms with E-state index >= 15 is 0 Å². The third kappa shape index (κ3) is 3.62. The molecule has 1 aliphatic heterocycles. The van der Waals surface area contributed by atoms with Gasteiger partial charge in [-0.05, 0) is 54.5 Å². The molecule has 0 amide bonds. The summed E-state index contributed by atoms with van der Waals surface area (Å²) in [5.74, 6) is -0.912. The summed E-state index contributed by atoms with van der Waals surface area (Å²) in [5.41, 5.74) is 3.87. The molecule has 2 rings (SSSR count). The Bertz CT molecular complexity index is 522. The van der Waals surface area contributed by atoms with E-state index in [-0.39, 0.29) is 0 Å². The topological polar surface area (TPSA) is 40.5 Å². The lowest BCUT2D eigenvalue weighted by Gasteiger charge is -2.38. The molecular formula is C17H23NO2. The quantitative estimate of drug-likeness (QED) is 0.853. The zero-order chi connectivity index (χ0) is 14.8. The largest absolute Gasteiger partial charge is 0.478 e. The van der Waals surface area contributed by atoms with Gasteiger partial charge in [-0.25, -0.2) is 4.79 Å². The Hall–Kier alpha value is -1.77. The van der Waals surface area contributed by atoms with Gasteiger partial charge in [0, 0.05) is 24.9 Å². The van der Waals surface area contributed by atoms with Crippen LogP contribution < -0.4 is 4.90 Å². The van der Waals surface area contributed by atoms with E-state index in [0.29, 0.717) is 5.41 Å². The summed E-state index contributed by atoms with van der Waals surface area (Å²) in [4.78, 5) is 13.0. The highest BCUT2D eigenvalue weighted by Gasteiger charge is 2.25. The number of hydrogen-bond acceptors (Lipinski definition) is 2. The number of aliphatic carboxylic acids is 1. The molecule has 108 valence electrons. The lowest BCUT2D eigenvalue weighted by molar-refractivity contribution is -0.131. The fraction of sp³-hybridized carbons (Fsp3) is 0.471. The number of benzene rings is 1. The van der Waals surface area contributed by atoms with Gasteiger partial charge in [-0.3, -0.25) is 0 Å². The molecule has 0 spiro atoms. The summed E-state index contributed by atoms with van der Waals surface area (Å²) < 4.78 is 0. The van der Waals surface area contributed by atoms with Crippen LogP contribution in [0.25, 0.3) is 6.08 Å². The van der Waals surface area contributed by atoms with E-state index in [1.807, 2.05) is 6.07 Å². The molecule has 0 atom stereocenters. The highest BCUT2D eigenvalue weighted by atomic mass is 16.4. The second-order valence-electron chi connectivity index (χ2n) is 6.37. The molecule has 0 radical (unpaired) electrons. The van der Waals surface area contributed by atoms with E-state index < -0.39 is 5.97 Å². The minimum absolute atomic E-state index is 0.453. The van der Waals surface area contributed by atoms with Gasteiger partial charge in [0.25, 0.3) is 0 Å². The number of hydrogen-bond donors (Lipinski definition) is 1. The van der Waals surface area contributed by atoms with Crippen LogP contribution in [0, 0.1) is 12.3 Å². The molecule has 1 saturated heterocycles. The maximum atomic E-state index is 10.5. The summed E-state index contributed by atoms with van der Waals surface area (Å²) >= 11 is 0. The first-order chi connectivity index (χ1) is 9.37. The molecule has 1 aromatic carbocycles. The lowest BCUT2D eigenvalue weighted by atomic mass is 9.82. The van der Waals surface area contributed by atoms with Crippen LogP contribution in [-0.2, 0) is 4.79 Å². The molecule has 0 saturated carbocycles. The van der Waals surface area contributed by atoms with E-state index in [1.54, 1.807) is 6.08 Å². The number of carboxylic acids is 1. The molecule has 1 N–H and O–H groups in total. The van der Waals surface area contributed by atoms with Gasteiger partial charge in [-0.1, -0.05) is 19.9 Å². The molecule has 20 heavy (non-hydrogen) atoms. The maximum absolute atomic E-state index is 10.5. The van der Waals surface area contributed by atoms with Crippen molar-refractivity contribution < 1.29 is 9.90 Å². The molecule has 3 nitrogen and oxygen atoms in total. The predicted molar refractivity (Wildman–Crippen MR) is 83.1 cm³/mol. The van der Waals surface area contributed by atoms with Crippen LogP contribution in [0.1, 0.15) is 37.8 Å². The molecular weight excluding hydrogens is 250 g/mol. The SMILES string of the molecule is Cc1cc(C=CC(=O)O)ccc1N1CCC(C)(C)CC1. The Morgan fingerprint density at radius 1 is 1.30 bits per heavy atom. The predicted octanol–water partition coefficient (Wildman–Crippen LogP) is 3.72. The van der Waals surface area contributed by atoms with Gasteiger partial charge < -0.3 is 10.0 Å². The summed E-state index contributed by atoms with van der Waals surface area (Å²) in [7, 11) is 0. The fourth-order valence-electron chi connectivity index (χ4n) is 2.66. The molecule has 0 aromatic heterocycles. The summed E-state index contributed by atoms with van der Waals surface area (Å²) in [6.45, 7) is 8.94. The average molecular weight is 273 g/mol. The summed E-state index contributed by atoms with van der Waals surface area (Å²) in [6.07, 6.45) is 5.25. The number of aryl methyl sites for hydroxylation is 1. The second-order valence-corrected chi connectivity index (χ2v) is 6.37. The first-order valence-corrected chi connectivity index (χ1v) is 7.14. The first kappa shape index (κ1) is 14.6. The van der Waals surface area contributed by atoms with Crippen molar-refractivity contribution in [1.29, 1.82) is 0 Å². The average Bonchev–Trinajstić information content (AvgIpc) is 2.37. The Morgan fingerprint density at radius 2 is 1.95 bits per heavy atom.